The van der Waals surface area contributed by atoms with Crippen LogP contribution in [-0.4, -0.2) is 46.9 Å². The Balaban J connectivity index is 1.38. The first-order valence-corrected chi connectivity index (χ1v) is 9.11. The van der Waals surface area contributed by atoms with Gasteiger partial charge in [0.2, 0.25) is 5.89 Å². The zero-order chi connectivity index (χ0) is 17.2. The first-order chi connectivity index (χ1) is 12.2. The van der Waals surface area contributed by atoms with E-state index in [4.69, 9.17) is 9.26 Å². The summed E-state index contributed by atoms with van der Waals surface area (Å²) in [4.78, 5) is 6.90. The summed E-state index contributed by atoms with van der Waals surface area (Å²) in [5.74, 6) is 3.21. The van der Waals surface area contributed by atoms with Crippen LogP contribution in [0.2, 0.25) is 0 Å². The number of piperidine rings is 1. The average Bonchev–Trinajstić information content (AvgIpc) is 3.39. The van der Waals surface area contributed by atoms with Crippen molar-refractivity contribution >= 4 is 0 Å². The number of rotatable bonds is 6. The number of nitrogens with zero attached hydrogens (tertiary/aromatic N) is 3. The molecule has 1 N–H and O–H groups in total. The Hall–Kier alpha value is -1.92. The Morgan fingerprint density at radius 3 is 3.00 bits per heavy atom. The van der Waals surface area contributed by atoms with Crippen molar-refractivity contribution in [1.82, 2.24) is 15.0 Å². The van der Waals surface area contributed by atoms with Crippen molar-refractivity contribution < 1.29 is 14.4 Å². The molecule has 1 aromatic heterocycles. The molecule has 1 saturated heterocycles. The molecule has 134 valence electrons. The predicted molar refractivity (Wildman–Crippen MR) is 92.6 cm³/mol. The monoisotopic (exact) mass is 343 g/mol. The van der Waals surface area contributed by atoms with E-state index < -0.39 is 6.10 Å². The van der Waals surface area contributed by atoms with E-state index in [1.807, 2.05) is 24.3 Å². The van der Waals surface area contributed by atoms with E-state index in [1.54, 1.807) is 7.11 Å². The van der Waals surface area contributed by atoms with Crippen LogP contribution in [0.5, 0.6) is 5.75 Å². The van der Waals surface area contributed by atoms with Crippen LogP contribution in [0.3, 0.4) is 0 Å². The Kier molecular flexibility index (Phi) is 4.72. The van der Waals surface area contributed by atoms with Gasteiger partial charge < -0.3 is 14.4 Å². The van der Waals surface area contributed by atoms with E-state index >= 15 is 0 Å². The summed E-state index contributed by atoms with van der Waals surface area (Å²) < 4.78 is 10.7. The number of benzene rings is 1. The quantitative estimate of drug-likeness (QED) is 0.869. The average molecular weight is 343 g/mol. The van der Waals surface area contributed by atoms with Gasteiger partial charge in [-0.3, -0.25) is 4.90 Å². The molecule has 0 amide bonds. The zero-order valence-corrected chi connectivity index (χ0v) is 14.6. The highest BCUT2D eigenvalue weighted by Gasteiger charge is 2.32. The normalized spacial score (nSPS) is 22.7. The van der Waals surface area contributed by atoms with E-state index in [2.05, 4.69) is 15.0 Å². The lowest BCUT2D eigenvalue weighted by atomic mass is 9.96. The molecule has 2 fully saturated rings. The van der Waals surface area contributed by atoms with Crippen LogP contribution >= 0.6 is 0 Å². The Bertz CT molecular complexity index is 713. The molecule has 1 saturated carbocycles. The minimum atomic E-state index is -0.527. The van der Waals surface area contributed by atoms with Gasteiger partial charge in [-0.25, -0.2) is 0 Å². The van der Waals surface area contributed by atoms with E-state index in [1.165, 1.54) is 12.8 Å². The van der Waals surface area contributed by atoms with Crippen LogP contribution in [0.1, 0.15) is 60.9 Å². The fourth-order valence-electron chi connectivity index (χ4n) is 3.54. The topological polar surface area (TPSA) is 71.6 Å². The van der Waals surface area contributed by atoms with Crippen molar-refractivity contribution in [3.8, 4) is 5.75 Å². The van der Waals surface area contributed by atoms with Gasteiger partial charge in [0, 0.05) is 24.9 Å². The van der Waals surface area contributed by atoms with E-state index in [0.29, 0.717) is 18.4 Å². The van der Waals surface area contributed by atoms with Gasteiger partial charge in [-0.15, -0.1) is 0 Å². The van der Waals surface area contributed by atoms with Gasteiger partial charge in [-0.2, -0.15) is 4.98 Å². The number of methoxy groups -OCH3 is 1. The number of hydrogen-bond acceptors (Lipinski definition) is 6. The molecule has 0 bridgehead atoms. The highest BCUT2D eigenvalue weighted by Crippen LogP contribution is 2.39. The SMILES string of the molecule is COc1cccc([C@@H](O)CN2CCC[C@H](c3noc(C4CC4)n3)C2)c1. The standard InChI is InChI=1S/C19H25N3O3/c1-24-16-6-2-4-14(10-16)17(23)12-22-9-3-5-15(11-22)18-20-19(25-21-18)13-7-8-13/h2,4,6,10,13,15,17,23H,3,5,7-9,11-12H2,1H3/t15-,17-/m0/s1. The summed E-state index contributed by atoms with van der Waals surface area (Å²) in [6.07, 6.45) is 3.98. The summed E-state index contributed by atoms with van der Waals surface area (Å²) in [7, 11) is 1.64. The van der Waals surface area contributed by atoms with Gasteiger partial charge in [-0.1, -0.05) is 17.3 Å². The van der Waals surface area contributed by atoms with Crippen LogP contribution in [0.25, 0.3) is 0 Å². The molecular formula is C19H25N3O3. The minimum absolute atomic E-state index is 0.294. The molecule has 4 rings (SSSR count). The van der Waals surface area contributed by atoms with E-state index in [0.717, 1.165) is 49.0 Å². The van der Waals surface area contributed by atoms with Gasteiger partial charge in [0.15, 0.2) is 5.82 Å². The fourth-order valence-corrected chi connectivity index (χ4v) is 3.54. The van der Waals surface area contributed by atoms with Gasteiger partial charge in [0.1, 0.15) is 5.75 Å². The molecule has 6 heteroatoms. The number of likely N-dealkylation sites (tertiary alicyclic amines) is 1. The molecule has 0 spiro atoms. The fraction of sp³-hybridized carbons (Fsp3) is 0.579. The van der Waals surface area contributed by atoms with Crippen molar-refractivity contribution in [2.75, 3.05) is 26.7 Å². The number of ether oxygens (including phenoxy) is 1. The molecule has 1 aliphatic heterocycles. The lowest BCUT2D eigenvalue weighted by Crippen LogP contribution is -2.37. The van der Waals surface area contributed by atoms with Gasteiger partial charge in [0.25, 0.3) is 0 Å². The van der Waals surface area contributed by atoms with Crippen LogP contribution < -0.4 is 4.74 Å². The smallest absolute Gasteiger partial charge is 0.229 e. The summed E-state index contributed by atoms with van der Waals surface area (Å²) >= 11 is 0. The Morgan fingerprint density at radius 2 is 2.20 bits per heavy atom. The molecule has 1 aliphatic carbocycles. The maximum absolute atomic E-state index is 10.6. The number of aliphatic hydroxyl groups excluding tert-OH is 1. The van der Waals surface area contributed by atoms with Crippen molar-refractivity contribution in [2.45, 2.75) is 43.6 Å². The second-order valence-electron chi connectivity index (χ2n) is 7.16. The van der Waals surface area contributed by atoms with Crippen molar-refractivity contribution in [1.29, 1.82) is 0 Å². The number of β-amino-alcohol motifs (C(OH)–C–C–N with tert-alkyl or cyclic N) is 1. The largest absolute Gasteiger partial charge is 0.497 e. The van der Waals surface area contributed by atoms with Gasteiger partial charge in [0.05, 0.1) is 13.2 Å². The number of aliphatic hydroxyl groups is 1. The van der Waals surface area contributed by atoms with E-state index in [-0.39, 0.29) is 0 Å². The zero-order valence-electron chi connectivity index (χ0n) is 14.6. The second kappa shape index (κ2) is 7.14. The molecule has 2 heterocycles. The summed E-state index contributed by atoms with van der Waals surface area (Å²) in [6.45, 7) is 2.46. The third-order valence-corrected chi connectivity index (χ3v) is 5.16. The third-order valence-electron chi connectivity index (χ3n) is 5.16. The lowest BCUT2D eigenvalue weighted by Gasteiger charge is -2.32. The summed E-state index contributed by atoms with van der Waals surface area (Å²) in [6, 6.07) is 7.64. The van der Waals surface area contributed by atoms with Crippen LogP contribution in [0, 0.1) is 0 Å². The molecule has 1 aromatic carbocycles. The maximum Gasteiger partial charge on any atom is 0.229 e. The lowest BCUT2D eigenvalue weighted by molar-refractivity contribution is 0.0940. The van der Waals surface area contributed by atoms with Crippen LogP contribution in [-0.2, 0) is 0 Å². The van der Waals surface area contributed by atoms with E-state index in [9.17, 15) is 5.11 Å². The first-order valence-electron chi connectivity index (χ1n) is 9.11. The van der Waals surface area contributed by atoms with Crippen LogP contribution in [0.15, 0.2) is 28.8 Å². The Labute approximate surface area is 147 Å². The Morgan fingerprint density at radius 1 is 1.32 bits per heavy atom. The van der Waals surface area contributed by atoms with Gasteiger partial charge >= 0.3 is 0 Å². The number of aromatic nitrogens is 2. The highest BCUT2D eigenvalue weighted by atomic mass is 16.5. The predicted octanol–water partition coefficient (Wildman–Crippen LogP) is 2.87. The van der Waals surface area contributed by atoms with Gasteiger partial charge in [-0.05, 0) is 49.9 Å². The number of hydrogen-bond donors (Lipinski definition) is 1. The second-order valence-corrected chi connectivity index (χ2v) is 7.16. The molecule has 2 aromatic rings. The maximum atomic E-state index is 10.6. The summed E-state index contributed by atoms with van der Waals surface area (Å²) in [5.41, 5.74) is 0.886. The minimum Gasteiger partial charge on any atom is -0.497 e. The molecule has 2 atom stereocenters. The summed E-state index contributed by atoms with van der Waals surface area (Å²) in [5, 5.41) is 14.8. The third kappa shape index (κ3) is 3.85. The van der Waals surface area contributed by atoms with Crippen molar-refractivity contribution in [3.05, 3.63) is 41.5 Å². The molecular weight excluding hydrogens is 318 g/mol. The van der Waals surface area contributed by atoms with Crippen molar-refractivity contribution in [2.24, 2.45) is 0 Å². The highest BCUT2D eigenvalue weighted by molar-refractivity contribution is 5.30. The molecule has 25 heavy (non-hydrogen) atoms. The molecule has 6 nitrogen and oxygen atoms in total. The molecule has 2 aliphatic rings. The first kappa shape index (κ1) is 16.5. The van der Waals surface area contributed by atoms with Crippen LogP contribution in [0.4, 0.5) is 0 Å². The van der Waals surface area contributed by atoms with Crippen molar-refractivity contribution in [3.63, 3.8) is 0 Å². The molecule has 0 unspecified atom stereocenters. The molecule has 0 radical (unpaired) electrons.